The third kappa shape index (κ3) is 5.71. The zero-order valence-electron chi connectivity index (χ0n) is 22.5. The van der Waals surface area contributed by atoms with Crippen molar-refractivity contribution >= 4 is 28.6 Å². The predicted molar refractivity (Wildman–Crippen MR) is 144 cm³/mol. The van der Waals surface area contributed by atoms with E-state index in [1.807, 2.05) is 12.1 Å². The van der Waals surface area contributed by atoms with Gasteiger partial charge in [-0.15, -0.1) is 0 Å². The standard InChI is InChI=1S/C28H28ClF2N5O4/c1-28(2,3)40-27(37)35-13-19-22(15-35)32-26(33-25(19)29)24-17-7-5-6-8-23(17)36(34-24)14-18-20(30)11-16(12-21(18)31)39-10-9-38-4/h5-8,11-12H,9-10,13-15H2,1-4H3. The van der Waals surface area contributed by atoms with Gasteiger partial charge in [0.2, 0.25) is 0 Å². The lowest BCUT2D eigenvalue weighted by Crippen LogP contribution is -2.33. The van der Waals surface area contributed by atoms with E-state index in [0.29, 0.717) is 34.5 Å². The van der Waals surface area contributed by atoms with Crippen molar-refractivity contribution in [1.29, 1.82) is 0 Å². The van der Waals surface area contributed by atoms with E-state index in [9.17, 15) is 13.6 Å². The van der Waals surface area contributed by atoms with Crippen molar-refractivity contribution in [3.05, 3.63) is 70.0 Å². The van der Waals surface area contributed by atoms with Crippen molar-refractivity contribution in [3.8, 4) is 17.3 Å². The molecule has 210 valence electrons. The van der Waals surface area contributed by atoms with E-state index in [2.05, 4.69) is 15.1 Å². The molecule has 0 radical (unpaired) electrons. The first-order chi connectivity index (χ1) is 19.0. The SMILES string of the molecule is COCCOc1cc(F)c(Cn2nc(-c3nc(Cl)c4c(n3)CN(C(=O)OC(C)(C)C)C4)c3ccccc32)c(F)c1. The molecule has 1 aliphatic rings. The van der Waals surface area contributed by atoms with Crippen LogP contribution >= 0.6 is 11.6 Å². The third-order valence-corrected chi connectivity index (χ3v) is 6.54. The molecule has 0 aliphatic carbocycles. The number of rotatable bonds is 7. The molecule has 40 heavy (non-hydrogen) atoms. The first-order valence-electron chi connectivity index (χ1n) is 12.6. The normalized spacial score (nSPS) is 13.1. The Morgan fingerprint density at radius 2 is 1.80 bits per heavy atom. The molecular weight excluding hydrogens is 544 g/mol. The number of carbonyl (C=O) groups excluding carboxylic acids is 1. The van der Waals surface area contributed by atoms with Crippen LogP contribution in [0.4, 0.5) is 13.6 Å². The second-order valence-electron chi connectivity index (χ2n) is 10.3. The van der Waals surface area contributed by atoms with E-state index in [1.54, 1.807) is 32.9 Å². The molecule has 0 atom stereocenters. The van der Waals surface area contributed by atoms with Crippen LogP contribution in [0.2, 0.25) is 5.15 Å². The van der Waals surface area contributed by atoms with E-state index in [4.69, 9.17) is 25.8 Å². The highest BCUT2D eigenvalue weighted by Crippen LogP contribution is 2.33. The summed E-state index contributed by atoms with van der Waals surface area (Å²) in [6.45, 7) is 6.09. The van der Waals surface area contributed by atoms with Gasteiger partial charge in [-0.1, -0.05) is 29.8 Å². The fraction of sp³-hybridized carbons (Fsp3) is 0.357. The average molecular weight is 572 g/mol. The maximum atomic E-state index is 15.0. The summed E-state index contributed by atoms with van der Waals surface area (Å²) < 4.78 is 47.2. The van der Waals surface area contributed by atoms with Crippen molar-refractivity contribution in [1.82, 2.24) is 24.6 Å². The molecule has 1 amide bonds. The zero-order valence-corrected chi connectivity index (χ0v) is 23.3. The topological polar surface area (TPSA) is 91.6 Å². The summed E-state index contributed by atoms with van der Waals surface area (Å²) in [6.07, 6.45) is -0.475. The fourth-order valence-electron chi connectivity index (χ4n) is 4.40. The van der Waals surface area contributed by atoms with Crippen LogP contribution in [-0.2, 0) is 29.1 Å². The highest BCUT2D eigenvalue weighted by molar-refractivity contribution is 6.30. The molecule has 12 heteroatoms. The van der Waals surface area contributed by atoms with Crippen LogP contribution < -0.4 is 4.74 Å². The summed E-state index contributed by atoms with van der Waals surface area (Å²) in [7, 11) is 1.51. The van der Waals surface area contributed by atoms with E-state index in [-0.39, 0.29) is 48.5 Å². The van der Waals surface area contributed by atoms with Gasteiger partial charge in [-0.3, -0.25) is 9.58 Å². The molecule has 3 heterocycles. The Morgan fingerprint density at radius 1 is 1.07 bits per heavy atom. The lowest BCUT2D eigenvalue weighted by Gasteiger charge is -2.23. The minimum absolute atomic E-state index is 0.0726. The maximum Gasteiger partial charge on any atom is 0.410 e. The van der Waals surface area contributed by atoms with Gasteiger partial charge in [0.25, 0.3) is 0 Å². The molecule has 0 unspecified atom stereocenters. The first-order valence-corrected chi connectivity index (χ1v) is 13.0. The van der Waals surface area contributed by atoms with Crippen LogP contribution in [-0.4, -0.2) is 56.7 Å². The van der Waals surface area contributed by atoms with E-state index >= 15 is 0 Å². The van der Waals surface area contributed by atoms with Gasteiger partial charge in [0.15, 0.2) is 5.82 Å². The van der Waals surface area contributed by atoms with Crippen molar-refractivity contribution in [2.24, 2.45) is 0 Å². The van der Waals surface area contributed by atoms with Gasteiger partial charge in [-0.25, -0.2) is 23.5 Å². The summed E-state index contributed by atoms with van der Waals surface area (Å²) >= 11 is 6.53. The summed E-state index contributed by atoms with van der Waals surface area (Å²) in [5.41, 5.74) is 1.44. The Balaban J connectivity index is 1.46. The Kier molecular flexibility index (Phi) is 7.61. The number of hydrogen-bond donors (Lipinski definition) is 0. The first kappa shape index (κ1) is 27.7. The highest BCUT2D eigenvalue weighted by Gasteiger charge is 2.32. The monoisotopic (exact) mass is 571 g/mol. The minimum Gasteiger partial charge on any atom is -0.491 e. The van der Waals surface area contributed by atoms with Crippen molar-refractivity contribution < 1.29 is 27.8 Å². The van der Waals surface area contributed by atoms with Gasteiger partial charge < -0.3 is 14.2 Å². The molecule has 0 saturated carbocycles. The second kappa shape index (κ2) is 11.0. The summed E-state index contributed by atoms with van der Waals surface area (Å²) in [6, 6.07) is 9.53. The van der Waals surface area contributed by atoms with E-state index in [0.717, 1.165) is 12.1 Å². The van der Waals surface area contributed by atoms with Gasteiger partial charge in [0.1, 0.15) is 40.4 Å². The number of aromatic nitrogens is 4. The Bertz CT molecular complexity index is 1560. The van der Waals surface area contributed by atoms with Crippen LogP contribution in [0.1, 0.15) is 37.6 Å². The second-order valence-corrected chi connectivity index (χ2v) is 10.7. The minimum atomic E-state index is -0.757. The molecule has 2 aromatic heterocycles. The molecule has 0 bridgehead atoms. The van der Waals surface area contributed by atoms with Crippen LogP contribution in [0.5, 0.6) is 5.75 Å². The number of amides is 1. The number of ether oxygens (including phenoxy) is 3. The lowest BCUT2D eigenvalue weighted by atomic mass is 10.1. The van der Waals surface area contributed by atoms with Crippen LogP contribution in [0.3, 0.4) is 0 Å². The van der Waals surface area contributed by atoms with E-state index in [1.165, 1.54) is 16.7 Å². The Morgan fingerprint density at radius 3 is 2.50 bits per heavy atom. The number of para-hydroxylation sites is 1. The Labute approximate surface area is 234 Å². The molecule has 4 aromatic rings. The lowest BCUT2D eigenvalue weighted by molar-refractivity contribution is 0.0240. The van der Waals surface area contributed by atoms with Gasteiger partial charge in [-0.05, 0) is 26.8 Å². The molecule has 9 nitrogen and oxygen atoms in total. The molecular formula is C28H28ClF2N5O4. The number of nitrogens with zero attached hydrogens (tertiary/aromatic N) is 5. The van der Waals surface area contributed by atoms with Gasteiger partial charge >= 0.3 is 6.09 Å². The largest absolute Gasteiger partial charge is 0.491 e. The number of carbonyl (C=O) groups is 1. The Hall–Kier alpha value is -3.83. The van der Waals surface area contributed by atoms with Crippen molar-refractivity contribution in [2.75, 3.05) is 20.3 Å². The van der Waals surface area contributed by atoms with Crippen LogP contribution in [0, 0.1) is 11.6 Å². The van der Waals surface area contributed by atoms with Crippen LogP contribution in [0.25, 0.3) is 22.4 Å². The third-order valence-electron chi connectivity index (χ3n) is 6.23. The predicted octanol–water partition coefficient (Wildman–Crippen LogP) is 5.75. The molecule has 1 aliphatic heterocycles. The number of methoxy groups -OCH3 is 1. The quantitative estimate of drug-likeness (QED) is 0.206. The summed E-state index contributed by atoms with van der Waals surface area (Å²) in [5.74, 6) is -1.20. The summed E-state index contributed by atoms with van der Waals surface area (Å²) in [5, 5.41) is 5.52. The highest BCUT2D eigenvalue weighted by atomic mass is 35.5. The van der Waals surface area contributed by atoms with Crippen molar-refractivity contribution in [3.63, 3.8) is 0 Å². The van der Waals surface area contributed by atoms with Crippen LogP contribution in [0.15, 0.2) is 36.4 Å². The molecule has 5 rings (SSSR count). The molecule has 0 N–H and O–H groups in total. The van der Waals surface area contributed by atoms with E-state index < -0.39 is 23.3 Å². The van der Waals surface area contributed by atoms with Crippen molar-refractivity contribution in [2.45, 2.75) is 46.0 Å². The zero-order chi connectivity index (χ0) is 28.6. The molecule has 0 fully saturated rings. The molecule has 0 spiro atoms. The fourth-order valence-corrected chi connectivity index (χ4v) is 4.64. The average Bonchev–Trinajstić information content (AvgIpc) is 3.48. The maximum absolute atomic E-state index is 15.0. The number of hydrogen-bond acceptors (Lipinski definition) is 7. The smallest absolute Gasteiger partial charge is 0.410 e. The van der Waals surface area contributed by atoms with Gasteiger partial charge in [-0.2, -0.15) is 5.10 Å². The number of benzene rings is 2. The van der Waals surface area contributed by atoms with Gasteiger partial charge in [0.05, 0.1) is 37.5 Å². The summed E-state index contributed by atoms with van der Waals surface area (Å²) in [4.78, 5) is 23.2. The van der Waals surface area contributed by atoms with Gasteiger partial charge in [0, 0.05) is 35.8 Å². The number of fused-ring (bicyclic) bond motifs is 2. The number of halogens is 3. The molecule has 2 aromatic carbocycles. The molecule has 0 saturated heterocycles.